The zero-order chi connectivity index (χ0) is 22.8. The zero-order valence-corrected chi connectivity index (χ0v) is 19.6. The van der Waals surface area contributed by atoms with Crippen molar-refractivity contribution in [2.24, 2.45) is 0 Å². The SMILES string of the molecule is Cc1ccc(N(CC(=O)Nc2ccc(C)c(Cl)c2)S(=O)(=O)c2ccc(Cl)cc2)cc1C. The molecule has 3 aromatic carbocycles. The maximum atomic E-state index is 13.4. The lowest BCUT2D eigenvalue weighted by molar-refractivity contribution is -0.114. The van der Waals surface area contributed by atoms with Gasteiger partial charge in [0.15, 0.2) is 0 Å². The van der Waals surface area contributed by atoms with Gasteiger partial charge in [-0.15, -0.1) is 0 Å². The molecule has 0 saturated carbocycles. The van der Waals surface area contributed by atoms with Gasteiger partial charge in [0.05, 0.1) is 10.6 Å². The third-order valence-corrected chi connectivity index (χ3v) is 7.37. The number of benzene rings is 3. The van der Waals surface area contributed by atoms with Crippen LogP contribution in [0.15, 0.2) is 65.6 Å². The fourth-order valence-corrected chi connectivity index (χ4v) is 4.65. The molecule has 0 spiro atoms. The van der Waals surface area contributed by atoms with Crippen molar-refractivity contribution >= 4 is 50.5 Å². The standard InChI is InChI=1S/C23H22Cl2N2O3S/c1-15-5-9-20(12-17(15)3)27(31(29,30)21-10-6-18(24)7-11-21)14-23(28)26-19-8-4-16(2)22(25)13-19/h4-13H,14H2,1-3H3,(H,26,28). The molecule has 0 aliphatic carbocycles. The van der Waals surface area contributed by atoms with E-state index in [2.05, 4.69) is 5.32 Å². The van der Waals surface area contributed by atoms with Crippen LogP contribution in [0.4, 0.5) is 11.4 Å². The molecule has 0 saturated heterocycles. The molecule has 0 aromatic heterocycles. The molecule has 5 nitrogen and oxygen atoms in total. The maximum Gasteiger partial charge on any atom is 0.264 e. The number of rotatable bonds is 6. The Bertz CT molecular complexity index is 1230. The van der Waals surface area contributed by atoms with Gasteiger partial charge in [-0.1, -0.05) is 35.3 Å². The summed E-state index contributed by atoms with van der Waals surface area (Å²) in [4.78, 5) is 12.8. The van der Waals surface area contributed by atoms with E-state index < -0.39 is 22.5 Å². The van der Waals surface area contributed by atoms with Crippen molar-refractivity contribution in [1.82, 2.24) is 0 Å². The summed E-state index contributed by atoms with van der Waals surface area (Å²) in [6.07, 6.45) is 0. The highest BCUT2D eigenvalue weighted by atomic mass is 35.5. The molecule has 3 aromatic rings. The molecule has 0 heterocycles. The molecule has 0 fully saturated rings. The minimum absolute atomic E-state index is 0.0429. The van der Waals surface area contributed by atoms with Crippen LogP contribution in [-0.2, 0) is 14.8 Å². The van der Waals surface area contributed by atoms with Crippen LogP contribution >= 0.6 is 23.2 Å². The van der Waals surface area contributed by atoms with Crippen LogP contribution in [0, 0.1) is 20.8 Å². The fraction of sp³-hybridized carbons (Fsp3) is 0.174. The Labute approximate surface area is 192 Å². The zero-order valence-electron chi connectivity index (χ0n) is 17.3. The molecular weight excluding hydrogens is 455 g/mol. The minimum Gasteiger partial charge on any atom is -0.324 e. The molecule has 3 rings (SSSR count). The number of carbonyl (C=O) groups is 1. The first-order chi connectivity index (χ1) is 14.6. The van der Waals surface area contributed by atoms with Gasteiger partial charge in [0.25, 0.3) is 10.0 Å². The Kier molecular flexibility index (Phi) is 6.94. The molecule has 0 atom stereocenters. The molecule has 1 N–H and O–H groups in total. The fourth-order valence-electron chi connectivity index (χ4n) is 2.93. The van der Waals surface area contributed by atoms with E-state index >= 15 is 0 Å². The van der Waals surface area contributed by atoms with Gasteiger partial charge in [-0.3, -0.25) is 9.10 Å². The van der Waals surface area contributed by atoms with Crippen molar-refractivity contribution in [3.8, 4) is 0 Å². The lowest BCUT2D eigenvalue weighted by Gasteiger charge is -2.25. The normalized spacial score (nSPS) is 11.3. The number of nitrogens with one attached hydrogen (secondary N) is 1. The van der Waals surface area contributed by atoms with E-state index in [0.717, 1.165) is 21.0 Å². The molecule has 0 bridgehead atoms. The number of hydrogen-bond donors (Lipinski definition) is 1. The third-order valence-electron chi connectivity index (χ3n) is 4.92. The van der Waals surface area contributed by atoms with Gasteiger partial charge < -0.3 is 5.32 Å². The first-order valence-electron chi connectivity index (χ1n) is 9.49. The number of halogens is 2. The van der Waals surface area contributed by atoms with E-state index in [1.165, 1.54) is 24.3 Å². The summed E-state index contributed by atoms with van der Waals surface area (Å²) in [5.41, 5.74) is 3.70. The van der Waals surface area contributed by atoms with Gasteiger partial charge in [-0.05, 0) is 86.0 Å². The van der Waals surface area contributed by atoms with Crippen LogP contribution < -0.4 is 9.62 Å². The largest absolute Gasteiger partial charge is 0.324 e. The van der Waals surface area contributed by atoms with Crippen molar-refractivity contribution in [2.45, 2.75) is 25.7 Å². The average Bonchev–Trinajstić information content (AvgIpc) is 2.71. The Hall–Kier alpha value is -2.54. The molecule has 0 aliphatic heterocycles. The van der Waals surface area contributed by atoms with Gasteiger partial charge in [0.1, 0.15) is 6.54 Å². The van der Waals surface area contributed by atoms with E-state index in [1.807, 2.05) is 26.8 Å². The van der Waals surface area contributed by atoms with Gasteiger partial charge in [-0.25, -0.2) is 8.42 Å². The number of sulfonamides is 1. The second-order valence-corrected chi connectivity index (χ2v) is 9.95. The summed E-state index contributed by atoms with van der Waals surface area (Å²) in [6, 6.07) is 16.2. The smallest absolute Gasteiger partial charge is 0.264 e. The monoisotopic (exact) mass is 476 g/mol. The van der Waals surface area contributed by atoms with Crippen LogP contribution in [0.5, 0.6) is 0 Å². The predicted molar refractivity (Wildman–Crippen MR) is 127 cm³/mol. The molecule has 0 radical (unpaired) electrons. The number of aryl methyl sites for hydroxylation is 3. The number of nitrogens with zero attached hydrogens (tertiary/aromatic N) is 1. The summed E-state index contributed by atoms with van der Waals surface area (Å²) in [5, 5.41) is 3.65. The minimum atomic E-state index is -4.01. The van der Waals surface area contributed by atoms with E-state index in [0.29, 0.717) is 21.4 Å². The molecular formula is C23H22Cl2N2O3S. The van der Waals surface area contributed by atoms with E-state index in [1.54, 1.807) is 30.3 Å². The number of amides is 1. The highest BCUT2D eigenvalue weighted by Crippen LogP contribution is 2.27. The molecule has 0 unspecified atom stereocenters. The molecule has 0 aliphatic rings. The average molecular weight is 477 g/mol. The van der Waals surface area contributed by atoms with Crippen LogP contribution in [0.25, 0.3) is 0 Å². The van der Waals surface area contributed by atoms with Crippen molar-refractivity contribution in [3.05, 3.63) is 87.4 Å². The molecule has 1 amide bonds. The topological polar surface area (TPSA) is 66.5 Å². The van der Waals surface area contributed by atoms with Crippen molar-refractivity contribution < 1.29 is 13.2 Å². The second-order valence-electron chi connectivity index (χ2n) is 7.25. The lowest BCUT2D eigenvalue weighted by Crippen LogP contribution is -2.38. The third kappa shape index (κ3) is 5.39. The van der Waals surface area contributed by atoms with Gasteiger partial charge in [-0.2, -0.15) is 0 Å². The van der Waals surface area contributed by atoms with Crippen molar-refractivity contribution in [1.29, 1.82) is 0 Å². The Balaban J connectivity index is 1.97. The van der Waals surface area contributed by atoms with Crippen molar-refractivity contribution in [2.75, 3.05) is 16.2 Å². The van der Waals surface area contributed by atoms with E-state index in [9.17, 15) is 13.2 Å². The Morgan fingerprint density at radius 3 is 2.13 bits per heavy atom. The maximum absolute atomic E-state index is 13.4. The lowest BCUT2D eigenvalue weighted by atomic mass is 10.1. The van der Waals surface area contributed by atoms with Crippen LogP contribution in [0.1, 0.15) is 16.7 Å². The summed E-state index contributed by atoms with van der Waals surface area (Å²) < 4.78 is 27.9. The van der Waals surface area contributed by atoms with Gasteiger partial charge in [0.2, 0.25) is 5.91 Å². The predicted octanol–water partition coefficient (Wildman–Crippen LogP) is 5.75. The summed E-state index contributed by atoms with van der Waals surface area (Å²) in [5.74, 6) is -0.490. The van der Waals surface area contributed by atoms with E-state index in [4.69, 9.17) is 23.2 Å². The molecule has 162 valence electrons. The Morgan fingerprint density at radius 2 is 1.52 bits per heavy atom. The van der Waals surface area contributed by atoms with Gasteiger partial charge >= 0.3 is 0 Å². The first kappa shape index (κ1) is 23.1. The molecule has 31 heavy (non-hydrogen) atoms. The number of carbonyl (C=O) groups excluding carboxylic acids is 1. The highest BCUT2D eigenvalue weighted by Gasteiger charge is 2.27. The van der Waals surface area contributed by atoms with Gasteiger partial charge in [0, 0.05) is 15.7 Å². The summed E-state index contributed by atoms with van der Waals surface area (Å²) in [7, 11) is -4.01. The van der Waals surface area contributed by atoms with Crippen LogP contribution in [0.3, 0.4) is 0 Å². The summed E-state index contributed by atoms with van der Waals surface area (Å²) in [6.45, 7) is 5.28. The quantitative estimate of drug-likeness (QED) is 0.492. The summed E-state index contributed by atoms with van der Waals surface area (Å²) >= 11 is 12.0. The number of hydrogen-bond acceptors (Lipinski definition) is 3. The highest BCUT2D eigenvalue weighted by molar-refractivity contribution is 7.92. The number of anilines is 2. The van der Waals surface area contributed by atoms with Crippen molar-refractivity contribution in [3.63, 3.8) is 0 Å². The first-order valence-corrected chi connectivity index (χ1v) is 11.7. The second kappa shape index (κ2) is 9.30. The van der Waals surface area contributed by atoms with E-state index in [-0.39, 0.29) is 4.90 Å². The molecule has 8 heteroatoms. The van der Waals surface area contributed by atoms with Crippen LogP contribution in [-0.4, -0.2) is 20.9 Å². The Morgan fingerprint density at radius 1 is 0.871 bits per heavy atom. The van der Waals surface area contributed by atoms with Crippen LogP contribution in [0.2, 0.25) is 10.0 Å².